The first kappa shape index (κ1) is 14.5. The molecule has 2 atom stereocenters. The van der Waals surface area contributed by atoms with Crippen molar-refractivity contribution in [2.24, 2.45) is 0 Å². The average Bonchev–Trinajstić information content (AvgIpc) is 2.87. The maximum absolute atomic E-state index is 12.2. The minimum atomic E-state index is -0.670. The molecule has 2 heterocycles. The summed E-state index contributed by atoms with van der Waals surface area (Å²) in [4.78, 5) is 29.2. The van der Waals surface area contributed by atoms with Crippen LogP contribution in [0.5, 0.6) is 0 Å². The quantitative estimate of drug-likeness (QED) is 0.793. The lowest BCUT2D eigenvalue weighted by atomic mass is 10.1. The molecule has 1 aromatic heterocycles. The predicted molar refractivity (Wildman–Crippen MR) is 70.7 cm³/mol. The van der Waals surface area contributed by atoms with Crippen LogP contribution in [0.25, 0.3) is 0 Å². The second kappa shape index (κ2) is 6.47. The zero-order valence-electron chi connectivity index (χ0n) is 11.4. The van der Waals surface area contributed by atoms with Crippen molar-refractivity contribution >= 4 is 11.9 Å². The summed E-state index contributed by atoms with van der Waals surface area (Å²) in [5.74, 6) is -0.628. The highest BCUT2D eigenvalue weighted by atomic mass is 16.5. The molecular weight excluding hydrogens is 260 g/mol. The summed E-state index contributed by atoms with van der Waals surface area (Å²) in [5.41, 5.74) is 0.968. The number of aromatic nitrogens is 1. The number of likely N-dealkylation sites (tertiary alicyclic amines) is 1. The molecule has 1 aromatic rings. The van der Waals surface area contributed by atoms with Gasteiger partial charge in [-0.25, -0.2) is 4.79 Å². The van der Waals surface area contributed by atoms with E-state index in [-0.39, 0.29) is 25.3 Å². The second-order valence-electron chi connectivity index (χ2n) is 4.84. The van der Waals surface area contributed by atoms with Gasteiger partial charge in [0.1, 0.15) is 6.04 Å². The van der Waals surface area contributed by atoms with Crippen LogP contribution < -0.4 is 0 Å². The summed E-state index contributed by atoms with van der Waals surface area (Å²) >= 11 is 0. The van der Waals surface area contributed by atoms with Gasteiger partial charge in [0.2, 0.25) is 5.91 Å². The first-order valence-corrected chi connectivity index (χ1v) is 6.56. The van der Waals surface area contributed by atoms with E-state index in [9.17, 15) is 14.7 Å². The van der Waals surface area contributed by atoms with E-state index in [0.29, 0.717) is 6.42 Å². The third kappa shape index (κ3) is 3.33. The molecule has 2 rings (SSSR count). The fraction of sp³-hybridized carbons (Fsp3) is 0.500. The van der Waals surface area contributed by atoms with Crippen LogP contribution in [0.3, 0.4) is 0 Å². The SMILES string of the molecule is COC(=O)C1CC(O)CN1C(=O)CCc1cccnc1. The van der Waals surface area contributed by atoms with Gasteiger partial charge in [-0.3, -0.25) is 9.78 Å². The summed E-state index contributed by atoms with van der Waals surface area (Å²) in [6.07, 6.45) is 3.81. The molecule has 0 spiro atoms. The van der Waals surface area contributed by atoms with Gasteiger partial charge in [0.15, 0.2) is 0 Å². The smallest absolute Gasteiger partial charge is 0.328 e. The highest BCUT2D eigenvalue weighted by molar-refractivity contribution is 5.85. The molecular formula is C14H18N2O4. The van der Waals surface area contributed by atoms with Gasteiger partial charge in [0, 0.05) is 31.8 Å². The Morgan fingerprint density at radius 3 is 3.00 bits per heavy atom. The maximum Gasteiger partial charge on any atom is 0.328 e. The zero-order valence-corrected chi connectivity index (χ0v) is 11.4. The molecule has 20 heavy (non-hydrogen) atoms. The molecule has 0 radical (unpaired) electrons. The number of ether oxygens (including phenoxy) is 1. The van der Waals surface area contributed by atoms with Gasteiger partial charge in [-0.05, 0) is 18.1 Å². The number of hydrogen-bond donors (Lipinski definition) is 1. The number of carbonyl (C=O) groups is 2. The van der Waals surface area contributed by atoms with Gasteiger partial charge in [-0.15, -0.1) is 0 Å². The van der Waals surface area contributed by atoms with E-state index < -0.39 is 18.1 Å². The molecule has 1 aliphatic rings. The molecule has 1 amide bonds. The number of aliphatic hydroxyl groups excluding tert-OH is 1. The van der Waals surface area contributed by atoms with E-state index in [0.717, 1.165) is 5.56 Å². The molecule has 1 fully saturated rings. The maximum atomic E-state index is 12.2. The van der Waals surface area contributed by atoms with Crippen LogP contribution in [0.15, 0.2) is 24.5 Å². The monoisotopic (exact) mass is 278 g/mol. The summed E-state index contributed by atoms with van der Waals surface area (Å²) in [7, 11) is 1.28. The molecule has 6 nitrogen and oxygen atoms in total. The van der Waals surface area contributed by atoms with E-state index in [1.54, 1.807) is 12.4 Å². The van der Waals surface area contributed by atoms with Crippen LogP contribution in [0, 0.1) is 0 Å². The number of hydrogen-bond acceptors (Lipinski definition) is 5. The minimum absolute atomic E-state index is 0.152. The van der Waals surface area contributed by atoms with Crippen LogP contribution in [0.4, 0.5) is 0 Å². The van der Waals surface area contributed by atoms with Gasteiger partial charge < -0.3 is 14.7 Å². The first-order valence-electron chi connectivity index (χ1n) is 6.56. The second-order valence-corrected chi connectivity index (χ2v) is 4.84. The molecule has 1 saturated heterocycles. The standard InChI is InChI=1S/C14H18N2O4/c1-20-14(19)12-7-11(17)9-16(12)13(18)5-4-10-3-2-6-15-8-10/h2-3,6,8,11-12,17H,4-5,7,9H2,1H3. The third-order valence-corrected chi connectivity index (χ3v) is 3.42. The number of rotatable bonds is 4. The Hall–Kier alpha value is -1.95. The number of aliphatic hydroxyl groups is 1. The van der Waals surface area contributed by atoms with E-state index in [1.165, 1.54) is 12.0 Å². The van der Waals surface area contributed by atoms with E-state index in [1.807, 2.05) is 12.1 Å². The number of β-amino-alcohol motifs (C(OH)–C–C–N with tert-alkyl or cyclic N) is 1. The Balaban J connectivity index is 1.95. The van der Waals surface area contributed by atoms with Crippen LogP contribution in [0.1, 0.15) is 18.4 Å². The molecule has 6 heteroatoms. The van der Waals surface area contributed by atoms with Crippen LogP contribution in [0.2, 0.25) is 0 Å². The van der Waals surface area contributed by atoms with Crippen molar-refractivity contribution in [3.8, 4) is 0 Å². The topological polar surface area (TPSA) is 79.7 Å². The lowest BCUT2D eigenvalue weighted by molar-refractivity contribution is -0.150. The summed E-state index contributed by atoms with van der Waals surface area (Å²) in [6.45, 7) is 0.186. The lowest BCUT2D eigenvalue weighted by Gasteiger charge is -2.22. The zero-order chi connectivity index (χ0) is 14.5. The Morgan fingerprint density at radius 1 is 1.55 bits per heavy atom. The fourth-order valence-electron chi connectivity index (χ4n) is 2.39. The van der Waals surface area contributed by atoms with Crippen molar-refractivity contribution in [1.29, 1.82) is 0 Å². The third-order valence-electron chi connectivity index (χ3n) is 3.42. The van der Waals surface area contributed by atoms with E-state index in [4.69, 9.17) is 0 Å². The Labute approximate surface area is 117 Å². The molecule has 108 valence electrons. The number of esters is 1. The Kier molecular flexibility index (Phi) is 4.68. The number of nitrogens with zero attached hydrogens (tertiary/aromatic N) is 2. The van der Waals surface area contributed by atoms with Crippen molar-refractivity contribution in [1.82, 2.24) is 9.88 Å². The van der Waals surface area contributed by atoms with Crippen LogP contribution in [-0.4, -0.2) is 52.7 Å². The number of carbonyl (C=O) groups excluding carboxylic acids is 2. The van der Waals surface area contributed by atoms with Gasteiger partial charge >= 0.3 is 5.97 Å². The average molecular weight is 278 g/mol. The Morgan fingerprint density at radius 2 is 2.35 bits per heavy atom. The van der Waals surface area contributed by atoms with Crippen LogP contribution in [-0.2, 0) is 20.7 Å². The molecule has 1 aliphatic heterocycles. The largest absolute Gasteiger partial charge is 0.467 e. The van der Waals surface area contributed by atoms with Crippen LogP contribution >= 0.6 is 0 Å². The number of amides is 1. The number of methoxy groups -OCH3 is 1. The normalized spacial score (nSPS) is 21.8. The van der Waals surface area contributed by atoms with Gasteiger partial charge in [-0.1, -0.05) is 6.07 Å². The molecule has 0 saturated carbocycles. The Bertz CT molecular complexity index is 477. The minimum Gasteiger partial charge on any atom is -0.467 e. The highest BCUT2D eigenvalue weighted by Crippen LogP contribution is 2.20. The predicted octanol–water partition coefficient (Wildman–Crippen LogP) is 0.149. The van der Waals surface area contributed by atoms with Crippen molar-refractivity contribution < 1.29 is 19.4 Å². The lowest BCUT2D eigenvalue weighted by Crippen LogP contribution is -2.41. The van der Waals surface area contributed by atoms with Gasteiger partial charge in [0.05, 0.1) is 13.2 Å². The molecule has 0 aromatic carbocycles. The number of pyridine rings is 1. The van der Waals surface area contributed by atoms with Crippen molar-refractivity contribution in [3.05, 3.63) is 30.1 Å². The molecule has 1 N–H and O–H groups in total. The summed E-state index contributed by atoms with van der Waals surface area (Å²) in [5, 5.41) is 9.64. The molecule has 2 unspecified atom stereocenters. The van der Waals surface area contributed by atoms with Gasteiger partial charge in [0.25, 0.3) is 0 Å². The summed E-state index contributed by atoms with van der Waals surface area (Å²) < 4.78 is 4.67. The van der Waals surface area contributed by atoms with Gasteiger partial charge in [-0.2, -0.15) is 0 Å². The van der Waals surface area contributed by atoms with Crippen molar-refractivity contribution in [2.75, 3.05) is 13.7 Å². The first-order chi connectivity index (χ1) is 9.61. The molecule has 0 aliphatic carbocycles. The van der Waals surface area contributed by atoms with E-state index >= 15 is 0 Å². The highest BCUT2D eigenvalue weighted by Gasteiger charge is 2.39. The molecule has 0 bridgehead atoms. The number of aryl methyl sites for hydroxylation is 1. The fourth-order valence-corrected chi connectivity index (χ4v) is 2.39. The van der Waals surface area contributed by atoms with Crippen molar-refractivity contribution in [3.63, 3.8) is 0 Å². The van der Waals surface area contributed by atoms with E-state index in [2.05, 4.69) is 9.72 Å². The van der Waals surface area contributed by atoms with Crippen molar-refractivity contribution in [2.45, 2.75) is 31.4 Å². The summed E-state index contributed by atoms with van der Waals surface area (Å²) in [6, 6.07) is 3.05.